The van der Waals surface area contributed by atoms with Crippen LogP contribution in [-0.4, -0.2) is 36.3 Å². The lowest BCUT2D eigenvalue weighted by Crippen LogP contribution is -2.36. The monoisotopic (exact) mass is 292 g/mol. The van der Waals surface area contributed by atoms with Crippen LogP contribution in [0.1, 0.15) is 32.6 Å². The first-order valence-corrected chi connectivity index (χ1v) is 7.55. The van der Waals surface area contributed by atoms with E-state index in [0.29, 0.717) is 18.3 Å². The molecular weight excluding hydrogens is 268 g/mol. The van der Waals surface area contributed by atoms with E-state index in [1.54, 1.807) is 24.3 Å². The van der Waals surface area contributed by atoms with Gasteiger partial charge < -0.3 is 20.5 Å². The summed E-state index contributed by atoms with van der Waals surface area (Å²) in [5.74, 6) is 0.584. The quantitative estimate of drug-likeness (QED) is 0.718. The Morgan fingerprint density at radius 3 is 2.62 bits per heavy atom. The van der Waals surface area contributed by atoms with Crippen LogP contribution in [-0.2, 0) is 4.79 Å². The maximum Gasteiger partial charge on any atom is 0.221 e. The molecule has 1 aromatic carbocycles. The highest BCUT2D eigenvalue weighted by Gasteiger charge is 2.15. The van der Waals surface area contributed by atoms with Gasteiger partial charge in [0.15, 0.2) is 0 Å². The van der Waals surface area contributed by atoms with Gasteiger partial charge in [0.1, 0.15) is 18.5 Å². The molecule has 116 valence electrons. The lowest BCUT2D eigenvalue weighted by molar-refractivity contribution is -0.114. The van der Waals surface area contributed by atoms with Gasteiger partial charge in [0, 0.05) is 25.2 Å². The van der Waals surface area contributed by atoms with E-state index in [2.05, 4.69) is 10.6 Å². The third kappa shape index (κ3) is 5.73. The number of carbonyl (C=O) groups is 1. The van der Waals surface area contributed by atoms with Crippen molar-refractivity contribution in [1.29, 1.82) is 0 Å². The molecule has 1 aliphatic carbocycles. The summed E-state index contributed by atoms with van der Waals surface area (Å²) in [6.45, 7) is 2.30. The minimum Gasteiger partial charge on any atom is -0.491 e. The van der Waals surface area contributed by atoms with E-state index >= 15 is 0 Å². The third-order valence-electron chi connectivity index (χ3n) is 3.61. The van der Waals surface area contributed by atoms with Gasteiger partial charge in [-0.25, -0.2) is 0 Å². The van der Waals surface area contributed by atoms with E-state index < -0.39 is 6.10 Å². The number of benzene rings is 1. The normalized spacial score (nSPS) is 16.7. The Hall–Kier alpha value is -1.59. The molecule has 21 heavy (non-hydrogen) atoms. The molecule has 1 amide bonds. The lowest BCUT2D eigenvalue weighted by Gasteiger charge is -2.16. The van der Waals surface area contributed by atoms with Crippen LogP contribution in [0.4, 0.5) is 5.69 Å². The summed E-state index contributed by atoms with van der Waals surface area (Å²) in [6.07, 6.45) is 4.47. The molecule has 1 atom stereocenters. The van der Waals surface area contributed by atoms with Crippen LogP contribution in [0.25, 0.3) is 0 Å². The van der Waals surface area contributed by atoms with Crippen molar-refractivity contribution in [2.45, 2.75) is 44.8 Å². The number of rotatable bonds is 7. The number of nitrogens with one attached hydrogen (secondary N) is 2. The Morgan fingerprint density at radius 2 is 2.00 bits per heavy atom. The number of hydrogen-bond donors (Lipinski definition) is 3. The number of aliphatic hydroxyl groups is 1. The van der Waals surface area contributed by atoms with Crippen molar-refractivity contribution >= 4 is 11.6 Å². The van der Waals surface area contributed by atoms with Gasteiger partial charge in [-0.3, -0.25) is 4.79 Å². The molecule has 0 heterocycles. The molecule has 0 bridgehead atoms. The van der Waals surface area contributed by atoms with Crippen LogP contribution in [0.15, 0.2) is 24.3 Å². The SMILES string of the molecule is CC(=O)Nc1ccc(OC[C@@H](O)CNC2CCCC2)cc1. The highest BCUT2D eigenvalue weighted by Crippen LogP contribution is 2.18. The standard InChI is InChI=1S/C16H24N2O3/c1-12(19)18-14-6-8-16(9-7-14)21-11-15(20)10-17-13-4-2-3-5-13/h6-9,13,15,17,20H,2-5,10-11H2,1H3,(H,18,19)/t15-/m0/s1. The summed E-state index contributed by atoms with van der Waals surface area (Å²) in [5, 5.41) is 16.0. The summed E-state index contributed by atoms with van der Waals surface area (Å²) >= 11 is 0. The third-order valence-corrected chi connectivity index (χ3v) is 3.61. The highest BCUT2D eigenvalue weighted by atomic mass is 16.5. The average Bonchev–Trinajstić information content (AvgIpc) is 2.97. The lowest BCUT2D eigenvalue weighted by atomic mass is 10.2. The molecule has 1 aliphatic rings. The van der Waals surface area contributed by atoms with E-state index in [9.17, 15) is 9.90 Å². The van der Waals surface area contributed by atoms with E-state index in [-0.39, 0.29) is 12.5 Å². The van der Waals surface area contributed by atoms with Gasteiger partial charge in [-0.15, -0.1) is 0 Å². The van der Waals surface area contributed by atoms with Gasteiger partial charge in [-0.05, 0) is 37.1 Å². The highest BCUT2D eigenvalue weighted by molar-refractivity contribution is 5.88. The smallest absolute Gasteiger partial charge is 0.221 e. The first kappa shape index (κ1) is 15.8. The summed E-state index contributed by atoms with van der Waals surface area (Å²) in [7, 11) is 0. The zero-order valence-electron chi connectivity index (χ0n) is 12.5. The first-order chi connectivity index (χ1) is 10.1. The van der Waals surface area contributed by atoms with Crippen molar-refractivity contribution in [2.24, 2.45) is 0 Å². The Balaban J connectivity index is 1.67. The number of anilines is 1. The largest absolute Gasteiger partial charge is 0.491 e. The van der Waals surface area contributed by atoms with Gasteiger partial charge in [-0.2, -0.15) is 0 Å². The van der Waals surface area contributed by atoms with Crippen LogP contribution in [0.3, 0.4) is 0 Å². The minimum atomic E-state index is -0.513. The topological polar surface area (TPSA) is 70.6 Å². The molecule has 0 unspecified atom stereocenters. The zero-order valence-corrected chi connectivity index (χ0v) is 12.5. The van der Waals surface area contributed by atoms with E-state index in [1.165, 1.54) is 32.6 Å². The molecule has 0 aliphatic heterocycles. The Labute approximate surface area is 125 Å². The maximum absolute atomic E-state index is 10.9. The zero-order chi connectivity index (χ0) is 15.1. The number of ether oxygens (including phenoxy) is 1. The molecule has 0 aromatic heterocycles. The average molecular weight is 292 g/mol. The molecule has 0 saturated heterocycles. The van der Waals surface area contributed by atoms with Crippen molar-refractivity contribution in [2.75, 3.05) is 18.5 Å². The number of amides is 1. The first-order valence-electron chi connectivity index (χ1n) is 7.55. The Kier molecular flexibility index (Phi) is 6.02. The van der Waals surface area contributed by atoms with Crippen molar-refractivity contribution in [3.8, 4) is 5.75 Å². The summed E-state index contributed by atoms with van der Waals surface area (Å²) < 4.78 is 5.54. The van der Waals surface area contributed by atoms with Gasteiger partial charge in [0.2, 0.25) is 5.91 Å². The number of aliphatic hydroxyl groups excluding tert-OH is 1. The molecule has 1 fully saturated rings. The second kappa shape index (κ2) is 8.00. The summed E-state index contributed by atoms with van der Waals surface area (Å²) in [5.41, 5.74) is 0.735. The second-order valence-electron chi connectivity index (χ2n) is 5.56. The molecule has 0 spiro atoms. The van der Waals surface area contributed by atoms with Crippen LogP contribution >= 0.6 is 0 Å². The molecule has 5 nitrogen and oxygen atoms in total. The van der Waals surface area contributed by atoms with E-state index in [4.69, 9.17) is 4.74 Å². The van der Waals surface area contributed by atoms with E-state index in [1.807, 2.05) is 0 Å². The summed E-state index contributed by atoms with van der Waals surface area (Å²) in [4.78, 5) is 10.9. The number of hydrogen-bond acceptors (Lipinski definition) is 4. The van der Waals surface area contributed by atoms with Gasteiger partial charge >= 0.3 is 0 Å². The van der Waals surface area contributed by atoms with Gasteiger partial charge in [-0.1, -0.05) is 12.8 Å². The predicted octanol–water partition coefficient (Wildman–Crippen LogP) is 1.92. The predicted molar refractivity (Wildman–Crippen MR) is 82.5 cm³/mol. The van der Waals surface area contributed by atoms with Crippen LogP contribution in [0.2, 0.25) is 0 Å². The fourth-order valence-corrected chi connectivity index (χ4v) is 2.52. The molecule has 1 saturated carbocycles. The molecular formula is C16H24N2O3. The van der Waals surface area contributed by atoms with Crippen molar-refractivity contribution < 1.29 is 14.6 Å². The molecule has 1 aromatic rings. The van der Waals surface area contributed by atoms with Gasteiger partial charge in [0.25, 0.3) is 0 Å². The Morgan fingerprint density at radius 1 is 1.33 bits per heavy atom. The minimum absolute atomic E-state index is 0.0999. The van der Waals surface area contributed by atoms with Crippen molar-refractivity contribution in [1.82, 2.24) is 5.32 Å². The molecule has 2 rings (SSSR count). The Bertz CT molecular complexity index is 441. The summed E-state index contributed by atoms with van der Waals surface area (Å²) in [6, 6.07) is 7.67. The fourth-order valence-electron chi connectivity index (χ4n) is 2.52. The van der Waals surface area contributed by atoms with Crippen LogP contribution < -0.4 is 15.4 Å². The van der Waals surface area contributed by atoms with Crippen LogP contribution in [0.5, 0.6) is 5.75 Å². The molecule has 3 N–H and O–H groups in total. The van der Waals surface area contributed by atoms with E-state index in [0.717, 1.165) is 5.69 Å². The maximum atomic E-state index is 10.9. The van der Waals surface area contributed by atoms with Crippen LogP contribution in [0, 0.1) is 0 Å². The fraction of sp³-hybridized carbons (Fsp3) is 0.562. The van der Waals surface area contributed by atoms with Crippen molar-refractivity contribution in [3.63, 3.8) is 0 Å². The molecule has 0 radical (unpaired) electrons. The van der Waals surface area contributed by atoms with Crippen molar-refractivity contribution in [3.05, 3.63) is 24.3 Å². The molecule has 5 heteroatoms. The number of carbonyl (C=O) groups excluding carboxylic acids is 1. The van der Waals surface area contributed by atoms with Gasteiger partial charge in [0.05, 0.1) is 0 Å². The second-order valence-corrected chi connectivity index (χ2v) is 5.56.